The summed E-state index contributed by atoms with van der Waals surface area (Å²) in [6.07, 6.45) is 0. The predicted octanol–water partition coefficient (Wildman–Crippen LogP) is 4.35. The molecule has 0 saturated carbocycles. The zero-order valence-corrected chi connectivity index (χ0v) is 21.4. The van der Waals surface area contributed by atoms with E-state index >= 15 is 0 Å². The molecule has 1 aliphatic rings. The molecule has 0 spiro atoms. The van der Waals surface area contributed by atoms with E-state index in [9.17, 15) is 4.79 Å². The summed E-state index contributed by atoms with van der Waals surface area (Å²) in [5.41, 5.74) is 3.14. The van der Waals surface area contributed by atoms with Crippen LogP contribution in [-0.4, -0.2) is 36.0 Å². The molecular formula is C28H27N3O5S. The highest BCUT2D eigenvalue weighted by molar-refractivity contribution is 7.80. The van der Waals surface area contributed by atoms with Crippen molar-refractivity contribution in [2.24, 2.45) is 0 Å². The second-order valence-corrected chi connectivity index (χ2v) is 8.99. The molecule has 0 amide bonds. The molecule has 0 radical (unpaired) electrons. The number of rotatable bonds is 8. The van der Waals surface area contributed by atoms with Gasteiger partial charge in [0.25, 0.3) is 5.56 Å². The van der Waals surface area contributed by atoms with Crippen LogP contribution in [0.5, 0.6) is 23.0 Å². The molecule has 0 atom stereocenters. The molecule has 190 valence electrons. The van der Waals surface area contributed by atoms with Crippen LogP contribution < -0.4 is 29.8 Å². The van der Waals surface area contributed by atoms with Crippen molar-refractivity contribution in [3.8, 4) is 23.0 Å². The summed E-state index contributed by atoms with van der Waals surface area (Å²) < 4.78 is 21.8. The molecule has 9 heteroatoms. The zero-order chi connectivity index (χ0) is 25.8. The first-order valence-electron chi connectivity index (χ1n) is 11.8. The van der Waals surface area contributed by atoms with Gasteiger partial charge in [0.2, 0.25) is 6.79 Å². The Balaban J connectivity index is 1.44. The molecule has 0 fully saturated rings. The topological polar surface area (TPSA) is 85.0 Å². The Labute approximate surface area is 219 Å². The third-order valence-corrected chi connectivity index (χ3v) is 6.57. The molecule has 2 N–H and O–H groups in total. The first kappa shape index (κ1) is 24.5. The van der Waals surface area contributed by atoms with Crippen molar-refractivity contribution in [2.75, 3.05) is 21.0 Å². The number of fused-ring (bicyclic) bond motifs is 2. The van der Waals surface area contributed by atoms with Crippen molar-refractivity contribution in [3.05, 3.63) is 93.8 Å². The molecule has 2 heterocycles. The number of pyridine rings is 1. The number of thiocarbonyl (C=S) groups is 1. The van der Waals surface area contributed by atoms with Gasteiger partial charge < -0.3 is 34.1 Å². The van der Waals surface area contributed by atoms with Gasteiger partial charge in [-0.3, -0.25) is 4.79 Å². The van der Waals surface area contributed by atoms with Gasteiger partial charge in [-0.05, 0) is 47.6 Å². The Bertz CT molecular complexity index is 1490. The average Bonchev–Trinajstić information content (AvgIpc) is 3.39. The lowest BCUT2D eigenvalue weighted by Gasteiger charge is -2.26. The molecule has 1 aromatic heterocycles. The maximum Gasteiger partial charge on any atom is 0.253 e. The lowest BCUT2D eigenvalue weighted by atomic mass is 10.1. The zero-order valence-electron chi connectivity index (χ0n) is 20.6. The molecule has 0 unspecified atom stereocenters. The van der Waals surface area contributed by atoms with Crippen LogP contribution in [0.15, 0.2) is 71.5 Å². The highest BCUT2D eigenvalue weighted by atomic mass is 32.1. The molecule has 0 aliphatic carbocycles. The summed E-state index contributed by atoms with van der Waals surface area (Å²) in [4.78, 5) is 18.0. The number of H-pyrrole nitrogens is 1. The fourth-order valence-electron chi connectivity index (χ4n) is 4.25. The van der Waals surface area contributed by atoms with Crippen LogP contribution in [0.4, 0.5) is 0 Å². The summed E-state index contributed by atoms with van der Waals surface area (Å²) in [5, 5.41) is 4.70. The Hall–Kier alpha value is -4.24. The van der Waals surface area contributed by atoms with Crippen LogP contribution in [0.25, 0.3) is 10.9 Å². The quantitative estimate of drug-likeness (QED) is 0.334. The van der Waals surface area contributed by atoms with Gasteiger partial charge in [-0.1, -0.05) is 36.4 Å². The molecule has 1 aliphatic heterocycles. The SMILES string of the molecule is COc1cc2cc(CN(Cc3ccc4c(c3)OCO4)C(=S)NCc3ccccc3)c(=O)[nH]c2cc1OC. The standard InChI is InChI=1S/C28H27N3O5S/c1-33-24-12-20-11-21(27(32)30-22(20)13-25(24)34-2)16-31(28(37)29-14-18-6-4-3-5-7-18)15-19-8-9-23-26(10-19)36-17-35-23/h3-13H,14-17H2,1-2H3,(H,29,37)(H,30,32). The second-order valence-electron chi connectivity index (χ2n) is 8.61. The minimum Gasteiger partial charge on any atom is -0.493 e. The van der Waals surface area contributed by atoms with E-state index in [0.29, 0.717) is 53.1 Å². The third kappa shape index (κ3) is 5.46. The summed E-state index contributed by atoms with van der Waals surface area (Å²) in [5.74, 6) is 2.56. The van der Waals surface area contributed by atoms with E-state index in [1.807, 2.05) is 65.6 Å². The number of aromatic amines is 1. The first-order valence-corrected chi connectivity index (χ1v) is 12.2. The minimum absolute atomic E-state index is 0.193. The largest absolute Gasteiger partial charge is 0.493 e. The number of hydrogen-bond donors (Lipinski definition) is 2. The third-order valence-electron chi connectivity index (χ3n) is 6.17. The van der Waals surface area contributed by atoms with Gasteiger partial charge >= 0.3 is 0 Å². The number of nitrogens with one attached hydrogen (secondary N) is 2. The lowest BCUT2D eigenvalue weighted by molar-refractivity contribution is 0.174. The molecule has 0 saturated heterocycles. The first-order chi connectivity index (χ1) is 18.0. The van der Waals surface area contributed by atoms with Gasteiger partial charge in [0.05, 0.1) is 26.3 Å². The normalized spacial score (nSPS) is 11.8. The molecule has 8 nitrogen and oxygen atoms in total. The predicted molar refractivity (Wildman–Crippen MR) is 145 cm³/mol. The fourth-order valence-corrected chi connectivity index (χ4v) is 4.45. The fraction of sp³-hybridized carbons (Fsp3) is 0.214. The van der Waals surface area contributed by atoms with Crippen molar-refractivity contribution in [1.82, 2.24) is 15.2 Å². The molecule has 37 heavy (non-hydrogen) atoms. The van der Waals surface area contributed by atoms with Crippen LogP contribution in [0.2, 0.25) is 0 Å². The summed E-state index contributed by atoms with van der Waals surface area (Å²) >= 11 is 5.79. The molecular weight excluding hydrogens is 490 g/mol. The van der Waals surface area contributed by atoms with Crippen LogP contribution in [0.3, 0.4) is 0 Å². The summed E-state index contributed by atoms with van der Waals surface area (Å²) in [7, 11) is 3.15. The van der Waals surface area contributed by atoms with Crippen LogP contribution in [0.1, 0.15) is 16.7 Å². The van der Waals surface area contributed by atoms with Crippen molar-refractivity contribution in [2.45, 2.75) is 19.6 Å². The van der Waals surface area contributed by atoms with E-state index in [0.717, 1.165) is 22.3 Å². The monoisotopic (exact) mass is 517 g/mol. The molecule has 0 bridgehead atoms. The van der Waals surface area contributed by atoms with Crippen molar-refractivity contribution in [3.63, 3.8) is 0 Å². The lowest BCUT2D eigenvalue weighted by Crippen LogP contribution is -2.39. The number of hydrogen-bond acceptors (Lipinski definition) is 6. The van der Waals surface area contributed by atoms with Gasteiger partial charge in [0, 0.05) is 30.1 Å². The number of benzene rings is 3. The Morgan fingerprint density at radius 2 is 1.70 bits per heavy atom. The van der Waals surface area contributed by atoms with Crippen LogP contribution in [0, 0.1) is 0 Å². The Kier molecular flexibility index (Phi) is 7.14. The smallest absolute Gasteiger partial charge is 0.253 e. The van der Waals surface area contributed by atoms with Crippen molar-refractivity contribution >= 4 is 28.2 Å². The molecule has 4 aromatic rings. The summed E-state index contributed by atoms with van der Waals surface area (Å²) in [6, 6.07) is 21.3. The van der Waals surface area contributed by atoms with E-state index in [1.54, 1.807) is 20.3 Å². The number of ether oxygens (including phenoxy) is 4. The van der Waals surface area contributed by atoms with Crippen molar-refractivity contribution < 1.29 is 18.9 Å². The highest BCUT2D eigenvalue weighted by Gasteiger charge is 2.18. The van der Waals surface area contributed by atoms with Gasteiger partial charge in [-0.25, -0.2) is 0 Å². The molecule has 5 rings (SSSR count). The maximum absolute atomic E-state index is 13.1. The van der Waals surface area contributed by atoms with Gasteiger partial charge in [0.15, 0.2) is 28.1 Å². The van der Waals surface area contributed by atoms with Gasteiger partial charge in [0.1, 0.15) is 0 Å². The van der Waals surface area contributed by atoms with E-state index in [1.165, 1.54) is 0 Å². The highest BCUT2D eigenvalue weighted by Crippen LogP contribution is 2.33. The number of nitrogens with zero attached hydrogens (tertiary/aromatic N) is 1. The second kappa shape index (κ2) is 10.8. The Morgan fingerprint density at radius 3 is 2.49 bits per heavy atom. The van der Waals surface area contributed by atoms with Crippen LogP contribution in [-0.2, 0) is 19.6 Å². The van der Waals surface area contributed by atoms with E-state index in [2.05, 4.69) is 10.3 Å². The van der Waals surface area contributed by atoms with Gasteiger partial charge in [-0.2, -0.15) is 0 Å². The van der Waals surface area contributed by atoms with E-state index < -0.39 is 0 Å². The average molecular weight is 518 g/mol. The van der Waals surface area contributed by atoms with Gasteiger partial charge in [-0.15, -0.1) is 0 Å². The number of aromatic nitrogens is 1. The minimum atomic E-state index is -0.193. The van der Waals surface area contributed by atoms with Crippen molar-refractivity contribution in [1.29, 1.82) is 0 Å². The summed E-state index contributed by atoms with van der Waals surface area (Å²) in [6.45, 7) is 1.55. The Morgan fingerprint density at radius 1 is 0.946 bits per heavy atom. The maximum atomic E-state index is 13.1. The van der Waals surface area contributed by atoms with E-state index in [4.69, 9.17) is 31.2 Å². The van der Waals surface area contributed by atoms with Crippen LogP contribution >= 0.6 is 12.2 Å². The van der Waals surface area contributed by atoms with E-state index in [-0.39, 0.29) is 12.4 Å². The number of methoxy groups -OCH3 is 2. The molecule has 3 aromatic carbocycles.